The van der Waals surface area contributed by atoms with Crippen LogP contribution >= 0.6 is 0 Å². The van der Waals surface area contributed by atoms with Crippen LogP contribution < -0.4 is 10.2 Å². The highest BCUT2D eigenvalue weighted by atomic mass is 16.6. The standard InChI is InChI=1S/C20H28N4O4/c1-14-3-6-17(7-4-14)21-20(26)16-5-8-18(19(13-16)24(27)28)23-11-9-22(10-12-23)15(2)25/h5,8,13-14,17H,3-4,6-7,9-12H2,1-2H3,(H,21,26). The van der Waals surface area contributed by atoms with Crippen LogP contribution in [-0.4, -0.2) is 53.9 Å². The molecule has 28 heavy (non-hydrogen) atoms. The molecule has 1 aliphatic carbocycles. The maximum absolute atomic E-state index is 12.6. The largest absolute Gasteiger partial charge is 0.362 e. The smallest absolute Gasteiger partial charge is 0.293 e. The molecule has 2 aliphatic rings. The van der Waals surface area contributed by atoms with Gasteiger partial charge in [0.05, 0.1) is 4.92 Å². The molecule has 0 unspecified atom stereocenters. The Bertz CT molecular complexity index is 751. The monoisotopic (exact) mass is 388 g/mol. The highest BCUT2D eigenvalue weighted by Gasteiger charge is 2.27. The van der Waals surface area contributed by atoms with Gasteiger partial charge in [0.2, 0.25) is 5.91 Å². The van der Waals surface area contributed by atoms with Crippen LogP contribution in [0.3, 0.4) is 0 Å². The van der Waals surface area contributed by atoms with Crippen molar-refractivity contribution < 1.29 is 14.5 Å². The first-order valence-electron chi connectivity index (χ1n) is 9.95. The second-order valence-corrected chi connectivity index (χ2v) is 7.88. The van der Waals surface area contributed by atoms with Gasteiger partial charge in [-0.15, -0.1) is 0 Å². The number of nitrogens with zero attached hydrogens (tertiary/aromatic N) is 3. The molecule has 8 nitrogen and oxygen atoms in total. The van der Waals surface area contributed by atoms with Gasteiger partial charge in [0.25, 0.3) is 11.6 Å². The summed E-state index contributed by atoms with van der Waals surface area (Å²) < 4.78 is 0. The van der Waals surface area contributed by atoms with Crippen LogP contribution in [0.4, 0.5) is 11.4 Å². The second-order valence-electron chi connectivity index (χ2n) is 7.88. The average molecular weight is 388 g/mol. The average Bonchev–Trinajstić information content (AvgIpc) is 2.69. The number of amides is 2. The first-order chi connectivity index (χ1) is 13.3. The Morgan fingerprint density at radius 2 is 1.75 bits per heavy atom. The SMILES string of the molecule is CC(=O)N1CCN(c2ccc(C(=O)NC3CCC(C)CC3)cc2[N+](=O)[O-])CC1. The van der Waals surface area contributed by atoms with Gasteiger partial charge in [-0.25, -0.2) is 0 Å². The zero-order valence-corrected chi connectivity index (χ0v) is 16.5. The van der Waals surface area contributed by atoms with Gasteiger partial charge in [-0.05, 0) is 43.7 Å². The third-order valence-corrected chi connectivity index (χ3v) is 5.85. The zero-order valence-electron chi connectivity index (χ0n) is 16.5. The molecule has 1 aliphatic heterocycles. The van der Waals surface area contributed by atoms with E-state index in [2.05, 4.69) is 12.2 Å². The normalized spacial score (nSPS) is 22.6. The molecule has 0 atom stereocenters. The number of rotatable bonds is 4. The van der Waals surface area contributed by atoms with E-state index in [4.69, 9.17) is 0 Å². The first kappa shape index (κ1) is 20.1. The van der Waals surface area contributed by atoms with Gasteiger partial charge in [-0.1, -0.05) is 6.92 Å². The van der Waals surface area contributed by atoms with E-state index in [1.54, 1.807) is 17.0 Å². The number of hydrogen-bond acceptors (Lipinski definition) is 5. The summed E-state index contributed by atoms with van der Waals surface area (Å²) in [4.78, 5) is 38.9. The number of benzene rings is 1. The van der Waals surface area contributed by atoms with E-state index < -0.39 is 4.92 Å². The van der Waals surface area contributed by atoms with Crippen LogP contribution in [0.25, 0.3) is 0 Å². The molecule has 0 radical (unpaired) electrons. The lowest BCUT2D eigenvalue weighted by molar-refractivity contribution is -0.384. The summed E-state index contributed by atoms with van der Waals surface area (Å²) in [5, 5.41) is 14.6. The Labute approximate surface area is 165 Å². The molecule has 0 bridgehead atoms. The van der Waals surface area contributed by atoms with E-state index >= 15 is 0 Å². The van der Waals surface area contributed by atoms with Crippen molar-refractivity contribution in [3.05, 3.63) is 33.9 Å². The van der Waals surface area contributed by atoms with Gasteiger partial charge in [-0.3, -0.25) is 19.7 Å². The fourth-order valence-electron chi connectivity index (χ4n) is 4.01. The van der Waals surface area contributed by atoms with Crippen molar-refractivity contribution in [1.82, 2.24) is 10.2 Å². The van der Waals surface area contributed by atoms with Crippen molar-refractivity contribution in [1.29, 1.82) is 0 Å². The molecule has 2 fully saturated rings. The fourth-order valence-corrected chi connectivity index (χ4v) is 4.01. The van der Waals surface area contributed by atoms with Crippen molar-refractivity contribution in [2.24, 2.45) is 5.92 Å². The number of nitro benzene ring substituents is 1. The Kier molecular flexibility index (Phi) is 6.16. The first-order valence-corrected chi connectivity index (χ1v) is 9.95. The van der Waals surface area contributed by atoms with E-state index in [1.165, 1.54) is 13.0 Å². The number of hydrogen-bond donors (Lipinski definition) is 1. The van der Waals surface area contributed by atoms with E-state index in [9.17, 15) is 19.7 Å². The van der Waals surface area contributed by atoms with Gasteiger partial charge in [-0.2, -0.15) is 0 Å². The molecule has 1 aromatic rings. The number of nitrogens with one attached hydrogen (secondary N) is 1. The van der Waals surface area contributed by atoms with Gasteiger partial charge >= 0.3 is 0 Å². The fraction of sp³-hybridized carbons (Fsp3) is 0.600. The maximum Gasteiger partial charge on any atom is 0.293 e. The highest BCUT2D eigenvalue weighted by Crippen LogP contribution is 2.30. The molecule has 1 saturated carbocycles. The minimum atomic E-state index is -0.439. The number of anilines is 1. The Balaban J connectivity index is 1.71. The summed E-state index contributed by atoms with van der Waals surface area (Å²) in [5.41, 5.74) is 0.744. The van der Waals surface area contributed by atoms with Crippen LogP contribution in [-0.2, 0) is 4.79 Å². The van der Waals surface area contributed by atoms with Crippen LogP contribution in [0.5, 0.6) is 0 Å². The minimum Gasteiger partial charge on any atom is -0.362 e. The van der Waals surface area contributed by atoms with Gasteiger partial charge in [0, 0.05) is 50.8 Å². The number of piperazine rings is 1. The number of nitro groups is 1. The van der Waals surface area contributed by atoms with Crippen LogP contribution in [0.2, 0.25) is 0 Å². The van der Waals surface area contributed by atoms with Crippen LogP contribution in [0.15, 0.2) is 18.2 Å². The lowest BCUT2D eigenvalue weighted by Crippen LogP contribution is -2.48. The molecule has 2 amide bonds. The predicted octanol–water partition coefficient (Wildman–Crippen LogP) is 2.57. The number of carbonyl (C=O) groups is 2. The van der Waals surface area contributed by atoms with E-state index in [0.29, 0.717) is 43.3 Å². The van der Waals surface area contributed by atoms with Crippen LogP contribution in [0, 0.1) is 16.0 Å². The Morgan fingerprint density at radius 3 is 2.32 bits per heavy atom. The summed E-state index contributed by atoms with van der Waals surface area (Å²) in [6.07, 6.45) is 4.09. The maximum atomic E-state index is 12.6. The number of carbonyl (C=O) groups excluding carboxylic acids is 2. The van der Waals surface area contributed by atoms with Crippen molar-refractivity contribution in [2.45, 2.75) is 45.6 Å². The zero-order chi connectivity index (χ0) is 20.3. The molecule has 0 aromatic heterocycles. The third-order valence-electron chi connectivity index (χ3n) is 5.85. The molecular formula is C20H28N4O4. The molecule has 0 spiro atoms. The molecule has 1 saturated heterocycles. The van der Waals surface area contributed by atoms with Crippen molar-refractivity contribution >= 4 is 23.2 Å². The summed E-state index contributed by atoms with van der Waals surface area (Å²) in [7, 11) is 0. The minimum absolute atomic E-state index is 0.0123. The molecule has 1 aromatic carbocycles. The second kappa shape index (κ2) is 8.58. The molecule has 1 heterocycles. The molecule has 152 valence electrons. The molecule has 8 heteroatoms. The summed E-state index contributed by atoms with van der Waals surface area (Å²) in [6.45, 7) is 5.89. The highest BCUT2D eigenvalue weighted by molar-refractivity contribution is 5.96. The summed E-state index contributed by atoms with van der Waals surface area (Å²) in [5.74, 6) is 0.450. The van der Waals surface area contributed by atoms with E-state index in [1.807, 2.05) is 4.90 Å². The Hall–Kier alpha value is -2.64. The van der Waals surface area contributed by atoms with Crippen LogP contribution in [0.1, 0.15) is 49.9 Å². The van der Waals surface area contributed by atoms with E-state index in [-0.39, 0.29) is 23.5 Å². The van der Waals surface area contributed by atoms with Gasteiger partial charge in [0.15, 0.2) is 0 Å². The van der Waals surface area contributed by atoms with E-state index in [0.717, 1.165) is 25.7 Å². The lowest BCUT2D eigenvalue weighted by atomic mass is 9.87. The quantitative estimate of drug-likeness (QED) is 0.632. The van der Waals surface area contributed by atoms with Crippen molar-refractivity contribution in [2.75, 3.05) is 31.1 Å². The third kappa shape index (κ3) is 4.61. The van der Waals surface area contributed by atoms with Gasteiger partial charge < -0.3 is 15.1 Å². The molecule has 3 rings (SSSR count). The summed E-state index contributed by atoms with van der Waals surface area (Å²) in [6, 6.07) is 4.81. The van der Waals surface area contributed by atoms with Crippen molar-refractivity contribution in [3.63, 3.8) is 0 Å². The Morgan fingerprint density at radius 1 is 1.11 bits per heavy atom. The molecule has 1 N–H and O–H groups in total. The predicted molar refractivity (Wildman–Crippen MR) is 106 cm³/mol. The lowest BCUT2D eigenvalue weighted by Gasteiger charge is -2.35. The summed E-state index contributed by atoms with van der Waals surface area (Å²) >= 11 is 0. The van der Waals surface area contributed by atoms with Gasteiger partial charge in [0.1, 0.15) is 5.69 Å². The topological polar surface area (TPSA) is 95.8 Å². The van der Waals surface area contributed by atoms with Crippen molar-refractivity contribution in [3.8, 4) is 0 Å². The molecular weight excluding hydrogens is 360 g/mol.